The molecule has 4 heteroatoms. The third-order valence-electron chi connectivity index (χ3n) is 2.56. The van der Waals surface area contributed by atoms with Crippen molar-refractivity contribution in [2.24, 2.45) is 11.7 Å². The van der Waals surface area contributed by atoms with E-state index in [0.717, 1.165) is 18.3 Å². The molecule has 0 saturated heterocycles. The number of carbonyl (C=O) groups excluding carboxylic acids is 2. The first kappa shape index (κ1) is 13.2. The average molecular weight is 235 g/mol. The highest BCUT2D eigenvalue weighted by molar-refractivity contribution is 5.66. The van der Waals surface area contributed by atoms with Crippen molar-refractivity contribution in [3.05, 3.63) is 35.9 Å². The Morgan fingerprint density at radius 3 is 2.53 bits per heavy atom. The summed E-state index contributed by atoms with van der Waals surface area (Å²) in [5, 5.41) is 0. The maximum absolute atomic E-state index is 11.1. The molecule has 0 aliphatic carbocycles. The van der Waals surface area contributed by atoms with Gasteiger partial charge in [-0.15, -0.1) is 0 Å². The number of nitrogens with two attached hydrogens (primary N) is 1. The predicted molar refractivity (Wildman–Crippen MR) is 64.3 cm³/mol. The highest BCUT2D eigenvalue weighted by Crippen LogP contribution is 2.28. The van der Waals surface area contributed by atoms with Crippen LogP contribution >= 0.6 is 0 Å². The predicted octanol–water partition coefficient (Wildman–Crippen LogP) is 2.44. The Morgan fingerprint density at radius 1 is 1.41 bits per heavy atom. The van der Waals surface area contributed by atoms with Gasteiger partial charge in [0.05, 0.1) is 5.92 Å². The number of rotatable bonds is 6. The average Bonchev–Trinajstić information content (AvgIpc) is 2.34. The Bertz CT molecular complexity index is 364. The molecule has 1 aromatic rings. The summed E-state index contributed by atoms with van der Waals surface area (Å²) in [5.74, 6) is -0.352. The van der Waals surface area contributed by atoms with Gasteiger partial charge in [-0.2, -0.15) is 0 Å². The number of benzene rings is 1. The summed E-state index contributed by atoms with van der Waals surface area (Å²) in [4.78, 5) is 22.0. The van der Waals surface area contributed by atoms with E-state index < -0.39 is 12.2 Å². The molecule has 92 valence electrons. The third-order valence-corrected chi connectivity index (χ3v) is 2.56. The Labute approximate surface area is 101 Å². The topological polar surface area (TPSA) is 69.4 Å². The van der Waals surface area contributed by atoms with Gasteiger partial charge in [-0.3, -0.25) is 0 Å². The van der Waals surface area contributed by atoms with E-state index in [4.69, 9.17) is 10.5 Å². The van der Waals surface area contributed by atoms with E-state index >= 15 is 0 Å². The molecular weight excluding hydrogens is 218 g/mol. The number of carbonyl (C=O) groups is 2. The zero-order valence-corrected chi connectivity index (χ0v) is 9.84. The molecule has 0 radical (unpaired) electrons. The number of hydrogen-bond donors (Lipinski definition) is 1. The lowest BCUT2D eigenvalue weighted by Crippen LogP contribution is -2.24. The number of hydrogen-bond acceptors (Lipinski definition) is 3. The van der Waals surface area contributed by atoms with Gasteiger partial charge in [0.15, 0.2) is 0 Å². The molecule has 1 amide bonds. The van der Waals surface area contributed by atoms with E-state index in [1.54, 1.807) is 0 Å². The number of ether oxygens (including phenoxy) is 1. The van der Waals surface area contributed by atoms with E-state index in [-0.39, 0.29) is 5.92 Å². The van der Waals surface area contributed by atoms with E-state index in [1.165, 1.54) is 0 Å². The summed E-state index contributed by atoms with van der Waals surface area (Å²) in [6.45, 7) is 1.98. The fourth-order valence-electron chi connectivity index (χ4n) is 1.79. The fourth-order valence-corrected chi connectivity index (χ4v) is 1.79. The van der Waals surface area contributed by atoms with Crippen molar-refractivity contribution in [2.45, 2.75) is 25.9 Å². The summed E-state index contributed by atoms with van der Waals surface area (Å²) in [6, 6.07) is 9.17. The van der Waals surface area contributed by atoms with Gasteiger partial charge in [-0.25, -0.2) is 4.79 Å². The quantitative estimate of drug-likeness (QED) is 0.770. The molecule has 2 unspecified atom stereocenters. The summed E-state index contributed by atoms with van der Waals surface area (Å²) >= 11 is 0. The highest BCUT2D eigenvalue weighted by Gasteiger charge is 2.25. The lowest BCUT2D eigenvalue weighted by Gasteiger charge is -2.22. The largest absolute Gasteiger partial charge is 0.441 e. The Morgan fingerprint density at radius 2 is 2.06 bits per heavy atom. The molecule has 17 heavy (non-hydrogen) atoms. The van der Waals surface area contributed by atoms with Gasteiger partial charge >= 0.3 is 6.09 Å². The molecule has 0 aliphatic rings. The monoisotopic (exact) mass is 235 g/mol. The van der Waals surface area contributed by atoms with Crippen LogP contribution in [0, 0.1) is 5.92 Å². The van der Waals surface area contributed by atoms with Crippen LogP contribution in [0.15, 0.2) is 30.3 Å². The van der Waals surface area contributed by atoms with E-state index in [2.05, 4.69) is 0 Å². The fraction of sp³-hybridized carbons (Fsp3) is 0.385. The third kappa shape index (κ3) is 3.90. The SMILES string of the molecule is CCCC(C=O)C(OC(N)=O)c1ccccc1. The van der Waals surface area contributed by atoms with Crippen molar-refractivity contribution in [1.29, 1.82) is 0 Å². The zero-order chi connectivity index (χ0) is 12.7. The van der Waals surface area contributed by atoms with Crippen LogP contribution in [0.1, 0.15) is 31.4 Å². The van der Waals surface area contributed by atoms with Crippen molar-refractivity contribution >= 4 is 12.4 Å². The normalized spacial score (nSPS) is 13.7. The minimum Gasteiger partial charge on any atom is -0.441 e. The summed E-state index contributed by atoms with van der Waals surface area (Å²) in [7, 11) is 0. The molecule has 0 saturated carbocycles. The molecule has 2 N–H and O–H groups in total. The molecule has 0 aliphatic heterocycles. The van der Waals surface area contributed by atoms with Gasteiger partial charge in [-0.05, 0) is 12.0 Å². The van der Waals surface area contributed by atoms with E-state index in [0.29, 0.717) is 6.42 Å². The van der Waals surface area contributed by atoms with Crippen LogP contribution in [0.25, 0.3) is 0 Å². The summed E-state index contributed by atoms with van der Waals surface area (Å²) < 4.78 is 5.05. The number of primary amides is 1. The first-order valence-electron chi connectivity index (χ1n) is 5.65. The van der Waals surface area contributed by atoms with Gasteiger partial charge in [0, 0.05) is 0 Å². The van der Waals surface area contributed by atoms with Crippen LogP contribution in [0.5, 0.6) is 0 Å². The molecule has 2 atom stereocenters. The van der Waals surface area contributed by atoms with Crippen molar-refractivity contribution < 1.29 is 14.3 Å². The Balaban J connectivity index is 2.93. The van der Waals surface area contributed by atoms with Gasteiger partial charge in [0.1, 0.15) is 12.4 Å². The van der Waals surface area contributed by atoms with Crippen LogP contribution in [0.4, 0.5) is 4.79 Å². The standard InChI is InChI=1S/C13H17NO3/c1-2-6-11(9-15)12(17-13(14)16)10-7-4-3-5-8-10/h3-5,7-9,11-12H,2,6H2,1H3,(H2,14,16). The number of aldehydes is 1. The first-order chi connectivity index (χ1) is 8.19. The Kier molecular flexibility index (Phi) is 5.20. The van der Waals surface area contributed by atoms with Gasteiger partial charge < -0.3 is 15.3 Å². The molecular formula is C13H17NO3. The summed E-state index contributed by atoms with van der Waals surface area (Å²) in [5.41, 5.74) is 5.83. The molecule has 4 nitrogen and oxygen atoms in total. The van der Waals surface area contributed by atoms with Crippen LogP contribution in [-0.2, 0) is 9.53 Å². The van der Waals surface area contributed by atoms with Crippen molar-refractivity contribution in [2.75, 3.05) is 0 Å². The molecule has 0 bridgehead atoms. The van der Waals surface area contributed by atoms with Crippen LogP contribution < -0.4 is 5.73 Å². The van der Waals surface area contributed by atoms with Crippen molar-refractivity contribution in [3.63, 3.8) is 0 Å². The van der Waals surface area contributed by atoms with E-state index in [9.17, 15) is 9.59 Å². The van der Waals surface area contributed by atoms with Gasteiger partial charge in [-0.1, -0.05) is 43.7 Å². The maximum Gasteiger partial charge on any atom is 0.405 e. The van der Waals surface area contributed by atoms with Crippen LogP contribution in [0.2, 0.25) is 0 Å². The molecule has 0 heterocycles. The van der Waals surface area contributed by atoms with Crippen molar-refractivity contribution in [1.82, 2.24) is 0 Å². The maximum atomic E-state index is 11.1. The lowest BCUT2D eigenvalue weighted by atomic mass is 9.93. The van der Waals surface area contributed by atoms with E-state index in [1.807, 2.05) is 37.3 Å². The minimum absolute atomic E-state index is 0.352. The summed E-state index contributed by atoms with van der Waals surface area (Å²) in [6.07, 6.45) is 0.878. The second kappa shape index (κ2) is 6.68. The molecule has 1 aromatic carbocycles. The Hall–Kier alpha value is -1.84. The molecule has 1 rings (SSSR count). The minimum atomic E-state index is -0.859. The zero-order valence-electron chi connectivity index (χ0n) is 9.84. The highest BCUT2D eigenvalue weighted by atomic mass is 16.6. The lowest BCUT2D eigenvalue weighted by molar-refractivity contribution is -0.114. The second-order valence-electron chi connectivity index (χ2n) is 3.86. The van der Waals surface area contributed by atoms with Crippen LogP contribution in [-0.4, -0.2) is 12.4 Å². The van der Waals surface area contributed by atoms with Gasteiger partial charge in [0.2, 0.25) is 0 Å². The van der Waals surface area contributed by atoms with Gasteiger partial charge in [0.25, 0.3) is 0 Å². The molecule has 0 aromatic heterocycles. The van der Waals surface area contributed by atoms with Crippen LogP contribution in [0.3, 0.4) is 0 Å². The second-order valence-corrected chi connectivity index (χ2v) is 3.86. The first-order valence-corrected chi connectivity index (χ1v) is 5.65. The number of amides is 1. The molecule has 0 spiro atoms. The van der Waals surface area contributed by atoms with Crippen molar-refractivity contribution in [3.8, 4) is 0 Å². The smallest absolute Gasteiger partial charge is 0.405 e. The molecule has 0 fully saturated rings.